The number of hydrogen-bond acceptors (Lipinski definition) is 5. The molecule has 134 valence electrons. The van der Waals surface area contributed by atoms with Gasteiger partial charge in [-0.15, -0.1) is 0 Å². The first-order valence-corrected chi connectivity index (χ1v) is 10.00. The lowest BCUT2D eigenvalue weighted by Gasteiger charge is -2.32. The van der Waals surface area contributed by atoms with Crippen LogP contribution >= 0.6 is 0 Å². The molecule has 7 nitrogen and oxygen atoms in total. The van der Waals surface area contributed by atoms with Crippen LogP contribution < -0.4 is 5.32 Å². The zero-order valence-corrected chi connectivity index (χ0v) is 15.0. The maximum atomic E-state index is 12.6. The number of anilines is 1. The predicted octanol–water partition coefficient (Wildman–Crippen LogP) is 2.40. The molecular weight excluding hydrogens is 342 g/mol. The molecule has 0 bridgehead atoms. The molecule has 1 unspecified atom stereocenters. The Bertz CT molecular complexity index is 876. The van der Waals surface area contributed by atoms with Crippen molar-refractivity contribution in [2.75, 3.05) is 18.1 Å². The van der Waals surface area contributed by atoms with Crippen LogP contribution in [0.1, 0.15) is 25.0 Å². The fourth-order valence-electron chi connectivity index (χ4n) is 3.01. The molecule has 1 aliphatic heterocycles. The Morgan fingerprint density at radius 2 is 2.16 bits per heavy atom. The number of benzene rings is 1. The van der Waals surface area contributed by atoms with Gasteiger partial charge in [0.05, 0.1) is 12.5 Å². The molecule has 0 aliphatic carbocycles. The summed E-state index contributed by atoms with van der Waals surface area (Å²) in [5.41, 5.74) is 1.33. The normalized spacial score (nSPS) is 18.9. The largest absolute Gasteiger partial charge is 0.441 e. The second-order valence-corrected chi connectivity index (χ2v) is 8.17. The molecule has 0 saturated carbocycles. The van der Waals surface area contributed by atoms with E-state index >= 15 is 0 Å². The predicted molar refractivity (Wildman–Crippen MR) is 94.5 cm³/mol. The Morgan fingerprint density at radius 1 is 1.36 bits per heavy atom. The third-order valence-electron chi connectivity index (χ3n) is 4.18. The molecule has 2 aromatic rings. The van der Waals surface area contributed by atoms with Gasteiger partial charge in [-0.3, -0.25) is 4.79 Å². The Labute approximate surface area is 147 Å². The standard InChI is InChI=1S/C17H21N3O4S/c1-12-11-18-17(24-12)13-6-5-7-14(10-13)19-16(21)15-8-3-4-9-20(15)25(2,22)23/h5-7,10-11,15H,3-4,8-9H2,1-2H3,(H,19,21). The van der Waals surface area contributed by atoms with E-state index in [9.17, 15) is 13.2 Å². The van der Waals surface area contributed by atoms with Gasteiger partial charge in [0, 0.05) is 17.8 Å². The van der Waals surface area contributed by atoms with Crippen molar-refractivity contribution < 1.29 is 17.6 Å². The molecule has 1 aromatic carbocycles. The minimum atomic E-state index is -3.41. The van der Waals surface area contributed by atoms with Crippen molar-refractivity contribution in [3.05, 3.63) is 36.2 Å². The number of rotatable bonds is 4. The number of oxazole rings is 1. The van der Waals surface area contributed by atoms with Crippen molar-refractivity contribution >= 4 is 21.6 Å². The number of carbonyl (C=O) groups is 1. The van der Waals surface area contributed by atoms with Gasteiger partial charge in [0.1, 0.15) is 11.8 Å². The van der Waals surface area contributed by atoms with Crippen molar-refractivity contribution in [2.24, 2.45) is 0 Å². The Morgan fingerprint density at radius 3 is 2.84 bits per heavy atom. The van der Waals surface area contributed by atoms with E-state index in [0.29, 0.717) is 30.3 Å². The molecular formula is C17H21N3O4S. The molecule has 1 atom stereocenters. The number of aryl methyl sites for hydroxylation is 1. The molecule has 0 radical (unpaired) electrons. The van der Waals surface area contributed by atoms with Crippen molar-refractivity contribution in [2.45, 2.75) is 32.2 Å². The van der Waals surface area contributed by atoms with Crippen LogP contribution in [0, 0.1) is 6.92 Å². The van der Waals surface area contributed by atoms with Gasteiger partial charge in [-0.25, -0.2) is 13.4 Å². The Kier molecular flexibility index (Phi) is 4.91. The number of nitrogens with one attached hydrogen (secondary N) is 1. The zero-order valence-electron chi connectivity index (χ0n) is 14.2. The second-order valence-electron chi connectivity index (χ2n) is 6.23. The number of carbonyl (C=O) groups excluding carboxylic acids is 1. The van der Waals surface area contributed by atoms with E-state index in [1.807, 2.05) is 13.0 Å². The topological polar surface area (TPSA) is 92.5 Å². The summed E-state index contributed by atoms with van der Waals surface area (Å²) in [7, 11) is -3.41. The highest BCUT2D eigenvalue weighted by atomic mass is 32.2. The van der Waals surface area contributed by atoms with E-state index in [0.717, 1.165) is 24.7 Å². The van der Waals surface area contributed by atoms with Gasteiger partial charge in [-0.2, -0.15) is 4.31 Å². The first-order chi connectivity index (χ1) is 11.8. The summed E-state index contributed by atoms with van der Waals surface area (Å²) in [5.74, 6) is 0.866. The lowest BCUT2D eigenvalue weighted by Crippen LogP contribution is -2.49. The minimum Gasteiger partial charge on any atom is -0.441 e. The third kappa shape index (κ3) is 4.08. The van der Waals surface area contributed by atoms with E-state index in [1.54, 1.807) is 24.4 Å². The summed E-state index contributed by atoms with van der Waals surface area (Å²) >= 11 is 0. The molecule has 1 N–H and O–H groups in total. The molecule has 0 spiro atoms. The van der Waals surface area contributed by atoms with Gasteiger partial charge in [-0.05, 0) is 38.0 Å². The lowest BCUT2D eigenvalue weighted by molar-refractivity contribution is -0.120. The fraction of sp³-hybridized carbons (Fsp3) is 0.412. The van der Waals surface area contributed by atoms with Gasteiger partial charge in [0.2, 0.25) is 21.8 Å². The maximum Gasteiger partial charge on any atom is 0.242 e. The van der Waals surface area contributed by atoms with Crippen LogP contribution in [-0.4, -0.2) is 42.5 Å². The van der Waals surface area contributed by atoms with Gasteiger partial charge in [0.15, 0.2) is 0 Å². The molecule has 1 fully saturated rings. The van der Waals surface area contributed by atoms with Crippen LogP contribution in [0.5, 0.6) is 0 Å². The van der Waals surface area contributed by atoms with E-state index in [-0.39, 0.29) is 5.91 Å². The average molecular weight is 363 g/mol. The van der Waals surface area contributed by atoms with Crippen LogP contribution in [0.3, 0.4) is 0 Å². The van der Waals surface area contributed by atoms with Gasteiger partial charge < -0.3 is 9.73 Å². The van der Waals surface area contributed by atoms with E-state index in [1.165, 1.54) is 4.31 Å². The van der Waals surface area contributed by atoms with Crippen molar-refractivity contribution in [3.63, 3.8) is 0 Å². The summed E-state index contributed by atoms with van der Waals surface area (Å²) in [6.45, 7) is 2.19. The highest BCUT2D eigenvalue weighted by molar-refractivity contribution is 7.88. The molecule has 1 amide bonds. The fourth-order valence-corrected chi connectivity index (χ4v) is 4.13. The molecule has 1 saturated heterocycles. The number of amides is 1. The smallest absolute Gasteiger partial charge is 0.242 e. The summed E-state index contributed by atoms with van der Waals surface area (Å²) in [6.07, 6.45) is 4.91. The minimum absolute atomic E-state index is 0.314. The number of nitrogens with zero attached hydrogens (tertiary/aromatic N) is 2. The zero-order chi connectivity index (χ0) is 18.0. The third-order valence-corrected chi connectivity index (χ3v) is 5.47. The van der Waals surface area contributed by atoms with Crippen molar-refractivity contribution in [1.29, 1.82) is 0 Å². The molecule has 8 heteroatoms. The summed E-state index contributed by atoms with van der Waals surface area (Å²) in [4.78, 5) is 16.8. The van der Waals surface area contributed by atoms with Crippen molar-refractivity contribution in [3.8, 4) is 11.5 Å². The Hall–Kier alpha value is -2.19. The summed E-state index contributed by atoms with van der Waals surface area (Å²) < 4.78 is 30.6. The molecule has 25 heavy (non-hydrogen) atoms. The summed E-state index contributed by atoms with van der Waals surface area (Å²) in [6, 6.07) is 6.47. The Balaban J connectivity index is 1.78. The van der Waals surface area contributed by atoms with E-state index in [2.05, 4.69) is 10.3 Å². The first-order valence-electron chi connectivity index (χ1n) is 8.15. The molecule has 1 aliphatic rings. The van der Waals surface area contributed by atoms with Crippen molar-refractivity contribution in [1.82, 2.24) is 9.29 Å². The number of piperidine rings is 1. The SMILES string of the molecule is Cc1cnc(-c2cccc(NC(=O)C3CCCCN3S(C)(=O)=O)c2)o1. The first kappa shape index (κ1) is 17.6. The van der Waals surface area contributed by atoms with Crippen LogP contribution in [0.2, 0.25) is 0 Å². The van der Waals surface area contributed by atoms with E-state index < -0.39 is 16.1 Å². The molecule has 2 heterocycles. The molecule has 3 rings (SSSR count). The highest BCUT2D eigenvalue weighted by Crippen LogP contribution is 2.24. The van der Waals surface area contributed by atoms with Gasteiger partial charge >= 0.3 is 0 Å². The maximum absolute atomic E-state index is 12.6. The second kappa shape index (κ2) is 6.97. The lowest BCUT2D eigenvalue weighted by atomic mass is 10.0. The highest BCUT2D eigenvalue weighted by Gasteiger charge is 2.34. The quantitative estimate of drug-likeness (QED) is 0.900. The van der Waals surface area contributed by atoms with Crippen LogP contribution in [0.4, 0.5) is 5.69 Å². The average Bonchev–Trinajstić information content (AvgIpc) is 3.01. The van der Waals surface area contributed by atoms with Crippen LogP contribution in [0.15, 0.2) is 34.9 Å². The van der Waals surface area contributed by atoms with Gasteiger partial charge in [-0.1, -0.05) is 12.5 Å². The monoisotopic (exact) mass is 363 g/mol. The number of aromatic nitrogens is 1. The molecule has 1 aromatic heterocycles. The summed E-state index contributed by atoms with van der Waals surface area (Å²) in [5, 5.41) is 2.82. The van der Waals surface area contributed by atoms with E-state index in [4.69, 9.17) is 4.42 Å². The number of sulfonamides is 1. The van der Waals surface area contributed by atoms with Gasteiger partial charge in [0.25, 0.3) is 0 Å². The number of hydrogen-bond donors (Lipinski definition) is 1. The van der Waals surface area contributed by atoms with Crippen LogP contribution in [0.25, 0.3) is 11.5 Å². The van der Waals surface area contributed by atoms with Crippen LogP contribution in [-0.2, 0) is 14.8 Å².